The first-order chi connectivity index (χ1) is 9.19. The molecule has 1 atom stereocenters. The number of likely N-dealkylation sites (N-methyl/N-ethyl adjacent to an activating group) is 1. The van der Waals surface area contributed by atoms with Gasteiger partial charge in [-0.1, -0.05) is 26.2 Å². The summed E-state index contributed by atoms with van der Waals surface area (Å²) in [6.07, 6.45) is 7.89. The van der Waals surface area contributed by atoms with E-state index in [1.54, 1.807) is 0 Å². The zero-order chi connectivity index (χ0) is 14.1. The number of guanidine groups is 1. The molecule has 5 heteroatoms. The quantitative estimate of drug-likeness (QED) is 0.273. The van der Waals surface area contributed by atoms with E-state index in [1.807, 2.05) is 7.05 Å². The minimum Gasteiger partial charge on any atom is -0.356 e. The molecular weight excluding hydrogens is 363 g/mol. The Balaban J connectivity index is 0.00000361. The Hall–Kier alpha value is -0.0400. The van der Waals surface area contributed by atoms with Crippen LogP contribution in [0.15, 0.2) is 4.99 Å². The summed E-state index contributed by atoms with van der Waals surface area (Å²) < 4.78 is 0. The molecule has 0 aliphatic heterocycles. The molecule has 0 aromatic rings. The zero-order valence-electron chi connectivity index (χ0n) is 13.6. The number of hydrogen-bond donors (Lipinski definition) is 2. The Morgan fingerprint density at radius 2 is 1.95 bits per heavy atom. The Kier molecular flexibility index (Phi) is 11.6. The fraction of sp³-hybridized carbons (Fsp3) is 0.933. The number of hydrogen-bond acceptors (Lipinski definition) is 2. The second-order valence-corrected chi connectivity index (χ2v) is 5.69. The van der Waals surface area contributed by atoms with Crippen LogP contribution in [0.3, 0.4) is 0 Å². The van der Waals surface area contributed by atoms with Crippen LogP contribution in [0, 0.1) is 0 Å². The van der Waals surface area contributed by atoms with Crippen LogP contribution >= 0.6 is 24.0 Å². The maximum atomic E-state index is 4.27. The van der Waals surface area contributed by atoms with E-state index < -0.39 is 0 Å². The van der Waals surface area contributed by atoms with Crippen LogP contribution in [0.4, 0.5) is 0 Å². The topological polar surface area (TPSA) is 39.7 Å². The summed E-state index contributed by atoms with van der Waals surface area (Å²) in [4.78, 5) is 6.75. The fourth-order valence-corrected chi connectivity index (χ4v) is 2.21. The number of nitrogens with one attached hydrogen (secondary N) is 2. The maximum absolute atomic E-state index is 4.27. The standard InChI is InChI=1S/C15H32N4.HI/c1-5-6-7-8-11-17-15(16-3)18-12-13(2)19(4)14-9-10-14;/h13-14H,5-12H2,1-4H3,(H2,16,17,18);1H. The van der Waals surface area contributed by atoms with Gasteiger partial charge in [0.1, 0.15) is 0 Å². The van der Waals surface area contributed by atoms with E-state index in [2.05, 4.69) is 41.4 Å². The van der Waals surface area contributed by atoms with Gasteiger partial charge in [0, 0.05) is 32.2 Å². The van der Waals surface area contributed by atoms with E-state index in [9.17, 15) is 0 Å². The van der Waals surface area contributed by atoms with Crippen molar-refractivity contribution in [2.24, 2.45) is 4.99 Å². The first-order valence-corrected chi connectivity index (χ1v) is 7.85. The third-order valence-corrected chi connectivity index (χ3v) is 3.93. The molecule has 0 amide bonds. The number of aliphatic imine (C=N–C) groups is 1. The van der Waals surface area contributed by atoms with Gasteiger partial charge in [-0.05, 0) is 33.2 Å². The monoisotopic (exact) mass is 396 g/mol. The molecule has 1 fully saturated rings. The Labute approximate surface area is 142 Å². The molecule has 0 aromatic carbocycles. The second kappa shape index (κ2) is 11.6. The molecule has 0 aromatic heterocycles. The van der Waals surface area contributed by atoms with Crippen molar-refractivity contribution in [3.05, 3.63) is 0 Å². The van der Waals surface area contributed by atoms with Gasteiger partial charge >= 0.3 is 0 Å². The molecule has 1 saturated carbocycles. The average Bonchev–Trinajstić information content (AvgIpc) is 3.25. The van der Waals surface area contributed by atoms with Gasteiger partial charge in [-0.25, -0.2) is 0 Å². The van der Waals surface area contributed by atoms with Crippen molar-refractivity contribution in [2.45, 2.75) is 64.5 Å². The molecule has 0 heterocycles. The van der Waals surface area contributed by atoms with Crippen LogP contribution in [0.25, 0.3) is 0 Å². The highest BCUT2D eigenvalue weighted by Crippen LogP contribution is 2.26. The highest BCUT2D eigenvalue weighted by molar-refractivity contribution is 14.0. The molecule has 20 heavy (non-hydrogen) atoms. The van der Waals surface area contributed by atoms with E-state index in [0.717, 1.165) is 25.1 Å². The minimum absolute atomic E-state index is 0. The van der Waals surface area contributed by atoms with Crippen LogP contribution in [-0.2, 0) is 0 Å². The van der Waals surface area contributed by atoms with Gasteiger partial charge < -0.3 is 10.6 Å². The largest absolute Gasteiger partial charge is 0.356 e. The summed E-state index contributed by atoms with van der Waals surface area (Å²) in [7, 11) is 4.07. The van der Waals surface area contributed by atoms with E-state index >= 15 is 0 Å². The fourth-order valence-electron chi connectivity index (χ4n) is 2.21. The predicted molar refractivity (Wildman–Crippen MR) is 99.2 cm³/mol. The van der Waals surface area contributed by atoms with Crippen LogP contribution in [0.5, 0.6) is 0 Å². The summed E-state index contributed by atoms with van der Waals surface area (Å²) >= 11 is 0. The minimum atomic E-state index is 0. The van der Waals surface area contributed by atoms with Crippen molar-refractivity contribution < 1.29 is 0 Å². The smallest absolute Gasteiger partial charge is 0.191 e. The predicted octanol–water partition coefficient (Wildman–Crippen LogP) is 2.83. The van der Waals surface area contributed by atoms with Gasteiger partial charge in [-0.15, -0.1) is 24.0 Å². The molecule has 0 radical (unpaired) electrons. The summed E-state index contributed by atoms with van der Waals surface area (Å²) in [6, 6.07) is 1.38. The molecule has 1 aliphatic rings. The van der Waals surface area contributed by atoms with Crippen LogP contribution in [0.2, 0.25) is 0 Å². The van der Waals surface area contributed by atoms with Crippen molar-refractivity contribution in [3.63, 3.8) is 0 Å². The van der Waals surface area contributed by atoms with Crippen molar-refractivity contribution in [1.82, 2.24) is 15.5 Å². The third-order valence-electron chi connectivity index (χ3n) is 3.93. The average molecular weight is 396 g/mol. The van der Waals surface area contributed by atoms with Gasteiger partial charge in [0.05, 0.1) is 0 Å². The molecule has 0 saturated heterocycles. The summed E-state index contributed by atoms with van der Waals surface area (Å²) in [5.41, 5.74) is 0. The van der Waals surface area contributed by atoms with Gasteiger partial charge in [-0.2, -0.15) is 0 Å². The Morgan fingerprint density at radius 3 is 2.50 bits per heavy atom. The number of rotatable bonds is 9. The SMILES string of the molecule is CCCCCCNC(=NC)NCC(C)N(C)C1CC1.I. The number of nitrogens with zero attached hydrogens (tertiary/aromatic N) is 2. The van der Waals surface area contributed by atoms with Gasteiger partial charge in [0.25, 0.3) is 0 Å². The molecule has 1 rings (SSSR count). The lowest BCUT2D eigenvalue weighted by atomic mass is 10.2. The van der Waals surface area contributed by atoms with Crippen LogP contribution < -0.4 is 10.6 Å². The van der Waals surface area contributed by atoms with Crippen molar-refractivity contribution in [1.29, 1.82) is 0 Å². The summed E-state index contributed by atoms with van der Waals surface area (Å²) in [5, 5.41) is 6.81. The molecule has 1 unspecified atom stereocenters. The van der Waals surface area contributed by atoms with E-state index in [1.165, 1.54) is 38.5 Å². The zero-order valence-corrected chi connectivity index (χ0v) is 15.9. The normalized spacial score (nSPS) is 16.8. The number of halogens is 1. The molecule has 2 N–H and O–H groups in total. The van der Waals surface area contributed by atoms with Crippen molar-refractivity contribution in [2.75, 3.05) is 27.2 Å². The molecule has 1 aliphatic carbocycles. The van der Waals surface area contributed by atoms with Crippen LogP contribution in [0.1, 0.15) is 52.4 Å². The highest BCUT2D eigenvalue weighted by Gasteiger charge is 2.28. The molecule has 4 nitrogen and oxygen atoms in total. The van der Waals surface area contributed by atoms with Crippen LogP contribution in [-0.4, -0.2) is 50.1 Å². The van der Waals surface area contributed by atoms with Gasteiger partial charge in [0.2, 0.25) is 0 Å². The van der Waals surface area contributed by atoms with Gasteiger partial charge in [-0.3, -0.25) is 9.89 Å². The van der Waals surface area contributed by atoms with Crippen molar-refractivity contribution in [3.8, 4) is 0 Å². The maximum Gasteiger partial charge on any atom is 0.191 e. The summed E-state index contributed by atoms with van der Waals surface area (Å²) in [5.74, 6) is 0.938. The third kappa shape index (κ3) is 8.29. The molecule has 0 bridgehead atoms. The Morgan fingerprint density at radius 1 is 1.25 bits per heavy atom. The first kappa shape index (κ1) is 20.0. The van der Waals surface area contributed by atoms with Gasteiger partial charge in [0.15, 0.2) is 5.96 Å². The summed E-state index contributed by atoms with van der Waals surface area (Å²) in [6.45, 7) is 6.50. The van der Waals surface area contributed by atoms with E-state index in [-0.39, 0.29) is 24.0 Å². The lowest BCUT2D eigenvalue weighted by molar-refractivity contribution is 0.247. The lowest BCUT2D eigenvalue weighted by Gasteiger charge is -2.25. The molecule has 0 spiro atoms. The highest BCUT2D eigenvalue weighted by atomic mass is 127. The Bertz CT molecular complexity index is 267. The molecule has 120 valence electrons. The second-order valence-electron chi connectivity index (χ2n) is 5.69. The molecular formula is C15H33IN4. The lowest BCUT2D eigenvalue weighted by Crippen LogP contribution is -2.45. The number of unbranched alkanes of at least 4 members (excludes halogenated alkanes) is 3. The van der Waals surface area contributed by atoms with Crippen molar-refractivity contribution >= 4 is 29.9 Å². The first-order valence-electron chi connectivity index (χ1n) is 7.85. The van der Waals surface area contributed by atoms with E-state index in [0.29, 0.717) is 6.04 Å². The van der Waals surface area contributed by atoms with E-state index in [4.69, 9.17) is 0 Å².